The van der Waals surface area contributed by atoms with Crippen molar-refractivity contribution in [3.05, 3.63) is 71.3 Å². The quantitative estimate of drug-likeness (QED) is 0.844. The predicted molar refractivity (Wildman–Crippen MR) is 88.3 cm³/mol. The van der Waals surface area contributed by atoms with E-state index in [1.165, 1.54) is 17.5 Å². The van der Waals surface area contributed by atoms with E-state index in [2.05, 4.69) is 59.5 Å². The molecule has 110 valence electrons. The maximum absolute atomic E-state index is 5.70. The molecule has 1 atom stereocenters. The molecule has 2 heteroatoms. The van der Waals surface area contributed by atoms with Gasteiger partial charge in [-0.15, -0.1) is 0 Å². The molecule has 1 unspecified atom stereocenters. The van der Waals surface area contributed by atoms with Crippen LogP contribution in [0, 0.1) is 0 Å². The third kappa shape index (κ3) is 3.52. The van der Waals surface area contributed by atoms with Gasteiger partial charge < -0.3 is 5.73 Å². The first-order chi connectivity index (χ1) is 10.4. The van der Waals surface area contributed by atoms with E-state index < -0.39 is 0 Å². The lowest BCUT2D eigenvalue weighted by Crippen LogP contribution is -2.34. The first-order valence-electron chi connectivity index (χ1n) is 7.91. The van der Waals surface area contributed by atoms with Crippen LogP contribution in [0.5, 0.6) is 0 Å². The maximum Gasteiger partial charge on any atom is 0.0233 e. The largest absolute Gasteiger partial charge is 0.330 e. The van der Waals surface area contributed by atoms with Crippen molar-refractivity contribution >= 4 is 0 Å². The molecule has 2 aromatic rings. The van der Waals surface area contributed by atoms with Crippen LogP contribution in [0.4, 0.5) is 0 Å². The normalized spacial score (nSPS) is 16.6. The highest BCUT2D eigenvalue weighted by molar-refractivity contribution is 5.40. The molecule has 1 aliphatic rings. The number of nitrogens with zero attached hydrogens (tertiary/aromatic N) is 1. The van der Waals surface area contributed by atoms with Crippen LogP contribution >= 0.6 is 0 Å². The summed E-state index contributed by atoms with van der Waals surface area (Å²) in [6.45, 7) is 4.03. The Balaban J connectivity index is 1.63. The van der Waals surface area contributed by atoms with E-state index in [-0.39, 0.29) is 0 Å². The molecule has 0 bridgehead atoms. The third-order valence-electron chi connectivity index (χ3n) is 4.37. The molecule has 0 radical (unpaired) electrons. The van der Waals surface area contributed by atoms with Crippen LogP contribution in [0.15, 0.2) is 54.6 Å². The van der Waals surface area contributed by atoms with Crippen molar-refractivity contribution in [2.24, 2.45) is 5.73 Å². The second kappa shape index (κ2) is 6.88. The highest BCUT2D eigenvalue weighted by atomic mass is 15.1. The van der Waals surface area contributed by atoms with Gasteiger partial charge in [-0.2, -0.15) is 0 Å². The smallest absolute Gasteiger partial charge is 0.0233 e. The molecule has 0 aromatic heterocycles. The zero-order valence-electron chi connectivity index (χ0n) is 12.5. The molecule has 0 amide bonds. The van der Waals surface area contributed by atoms with E-state index in [1.807, 2.05) is 0 Å². The molecule has 1 aliphatic carbocycles. The summed E-state index contributed by atoms with van der Waals surface area (Å²) >= 11 is 0. The summed E-state index contributed by atoms with van der Waals surface area (Å²) in [4.78, 5) is 2.56. The van der Waals surface area contributed by atoms with E-state index in [0.29, 0.717) is 5.92 Å². The molecule has 3 rings (SSSR count). The molecule has 0 aliphatic heterocycles. The molecule has 2 nitrogen and oxygen atoms in total. The standard InChI is InChI=1S/C19H24N2/c20-11-6-12-21(14-16-7-2-1-3-8-16)15-18-13-17-9-4-5-10-19(17)18/h1-5,7-10,18H,6,11-15,20H2. The fraction of sp³-hybridized carbons (Fsp3) is 0.368. The van der Waals surface area contributed by atoms with Gasteiger partial charge in [-0.05, 0) is 42.6 Å². The van der Waals surface area contributed by atoms with Crippen LogP contribution in [0.25, 0.3) is 0 Å². The molecule has 2 N–H and O–H groups in total. The van der Waals surface area contributed by atoms with Gasteiger partial charge in [-0.25, -0.2) is 0 Å². The summed E-state index contributed by atoms with van der Waals surface area (Å²) in [6, 6.07) is 19.6. The zero-order valence-corrected chi connectivity index (χ0v) is 12.5. The Morgan fingerprint density at radius 3 is 2.52 bits per heavy atom. The van der Waals surface area contributed by atoms with Crippen molar-refractivity contribution in [1.82, 2.24) is 4.90 Å². The van der Waals surface area contributed by atoms with Gasteiger partial charge in [0.1, 0.15) is 0 Å². The number of hydrogen-bond acceptors (Lipinski definition) is 2. The lowest BCUT2D eigenvalue weighted by molar-refractivity contribution is 0.238. The monoisotopic (exact) mass is 280 g/mol. The number of fused-ring (bicyclic) bond motifs is 1. The summed E-state index contributed by atoms with van der Waals surface area (Å²) in [5, 5.41) is 0. The van der Waals surface area contributed by atoms with Crippen molar-refractivity contribution in [1.29, 1.82) is 0 Å². The summed E-state index contributed by atoms with van der Waals surface area (Å²) in [5.74, 6) is 0.697. The average Bonchev–Trinajstić information content (AvgIpc) is 2.51. The van der Waals surface area contributed by atoms with Crippen molar-refractivity contribution in [3.63, 3.8) is 0 Å². The van der Waals surface area contributed by atoms with Gasteiger partial charge in [0, 0.05) is 19.0 Å². The van der Waals surface area contributed by atoms with Crippen LogP contribution in [-0.2, 0) is 13.0 Å². The highest BCUT2D eigenvalue weighted by Crippen LogP contribution is 2.35. The molecular formula is C19H24N2. The van der Waals surface area contributed by atoms with Gasteiger partial charge >= 0.3 is 0 Å². The Labute approximate surface area is 127 Å². The van der Waals surface area contributed by atoms with Gasteiger partial charge in [0.2, 0.25) is 0 Å². The molecule has 0 saturated heterocycles. The van der Waals surface area contributed by atoms with Crippen LogP contribution in [0.1, 0.15) is 29.0 Å². The molecule has 2 aromatic carbocycles. The Kier molecular flexibility index (Phi) is 4.69. The van der Waals surface area contributed by atoms with Crippen LogP contribution < -0.4 is 5.73 Å². The lowest BCUT2D eigenvalue weighted by atomic mass is 9.77. The minimum atomic E-state index is 0.697. The van der Waals surface area contributed by atoms with Crippen LogP contribution in [0.2, 0.25) is 0 Å². The fourth-order valence-electron chi connectivity index (χ4n) is 3.23. The lowest BCUT2D eigenvalue weighted by Gasteiger charge is -2.35. The SMILES string of the molecule is NCCCN(Cc1ccccc1)CC1Cc2ccccc21. The Bertz CT molecular complexity index is 565. The summed E-state index contributed by atoms with van der Waals surface area (Å²) < 4.78 is 0. The minimum Gasteiger partial charge on any atom is -0.330 e. The summed E-state index contributed by atoms with van der Waals surface area (Å²) in [5.41, 5.74) is 10.2. The van der Waals surface area contributed by atoms with Gasteiger partial charge in [0.25, 0.3) is 0 Å². The average molecular weight is 280 g/mol. The van der Waals surface area contributed by atoms with Crippen molar-refractivity contribution in [2.75, 3.05) is 19.6 Å². The van der Waals surface area contributed by atoms with Gasteiger partial charge in [-0.3, -0.25) is 4.90 Å². The Morgan fingerprint density at radius 1 is 1.00 bits per heavy atom. The van der Waals surface area contributed by atoms with Gasteiger partial charge in [-0.1, -0.05) is 54.6 Å². The van der Waals surface area contributed by atoms with Crippen molar-refractivity contribution < 1.29 is 0 Å². The fourth-order valence-corrected chi connectivity index (χ4v) is 3.23. The maximum atomic E-state index is 5.70. The number of benzene rings is 2. The van der Waals surface area contributed by atoms with E-state index in [9.17, 15) is 0 Å². The summed E-state index contributed by atoms with van der Waals surface area (Å²) in [7, 11) is 0. The van der Waals surface area contributed by atoms with E-state index in [4.69, 9.17) is 5.73 Å². The molecule has 0 fully saturated rings. The first kappa shape index (κ1) is 14.3. The number of nitrogens with two attached hydrogens (primary N) is 1. The minimum absolute atomic E-state index is 0.697. The van der Waals surface area contributed by atoms with Crippen molar-refractivity contribution in [2.45, 2.75) is 25.3 Å². The molecular weight excluding hydrogens is 256 g/mol. The Hall–Kier alpha value is -1.64. The van der Waals surface area contributed by atoms with Gasteiger partial charge in [0.05, 0.1) is 0 Å². The number of rotatable bonds is 7. The van der Waals surface area contributed by atoms with Crippen LogP contribution in [0.3, 0.4) is 0 Å². The second-order valence-electron chi connectivity index (χ2n) is 5.96. The highest BCUT2D eigenvalue weighted by Gasteiger charge is 2.27. The van der Waals surface area contributed by atoms with E-state index in [1.54, 1.807) is 5.56 Å². The Morgan fingerprint density at radius 2 is 1.76 bits per heavy atom. The molecule has 0 heterocycles. The van der Waals surface area contributed by atoms with E-state index >= 15 is 0 Å². The third-order valence-corrected chi connectivity index (χ3v) is 4.37. The molecule has 0 saturated carbocycles. The first-order valence-corrected chi connectivity index (χ1v) is 7.91. The molecule has 21 heavy (non-hydrogen) atoms. The van der Waals surface area contributed by atoms with Crippen LogP contribution in [-0.4, -0.2) is 24.5 Å². The van der Waals surface area contributed by atoms with Crippen molar-refractivity contribution in [3.8, 4) is 0 Å². The zero-order chi connectivity index (χ0) is 14.5. The topological polar surface area (TPSA) is 29.3 Å². The van der Waals surface area contributed by atoms with E-state index in [0.717, 1.165) is 32.6 Å². The second-order valence-corrected chi connectivity index (χ2v) is 5.96. The van der Waals surface area contributed by atoms with Gasteiger partial charge in [0.15, 0.2) is 0 Å². The number of hydrogen-bond donors (Lipinski definition) is 1. The molecule has 0 spiro atoms. The summed E-state index contributed by atoms with van der Waals surface area (Å²) in [6.07, 6.45) is 2.30. The predicted octanol–water partition coefficient (Wildman–Crippen LogP) is 3.18.